The Morgan fingerprint density at radius 3 is 2.65 bits per heavy atom. The summed E-state index contributed by atoms with van der Waals surface area (Å²) in [6, 6.07) is 16.4. The third-order valence-corrected chi connectivity index (χ3v) is 5.49. The van der Waals surface area contributed by atoms with E-state index in [2.05, 4.69) is 10.1 Å². The van der Waals surface area contributed by atoms with Crippen molar-refractivity contribution < 1.29 is 19.4 Å². The smallest absolute Gasteiger partial charge is 0.303 e. The summed E-state index contributed by atoms with van der Waals surface area (Å²) in [5.41, 5.74) is 2.99. The first kappa shape index (κ1) is 20.8. The first-order valence-electron chi connectivity index (χ1n) is 9.77. The third-order valence-electron chi connectivity index (χ3n) is 5.19. The highest BCUT2D eigenvalue weighted by atomic mass is 35.5. The number of carbonyl (C=O) groups excluding carboxylic acids is 1. The van der Waals surface area contributed by atoms with E-state index in [1.54, 1.807) is 13.2 Å². The van der Waals surface area contributed by atoms with Crippen molar-refractivity contribution in [2.45, 2.75) is 25.3 Å². The monoisotopic (exact) mass is 437 g/mol. The van der Waals surface area contributed by atoms with Crippen LogP contribution in [-0.4, -0.2) is 39.8 Å². The van der Waals surface area contributed by atoms with Crippen molar-refractivity contribution in [3.63, 3.8) is 0 Å². The zero-order valence-electron chi connectivity index (χ0n) is 16.8. The van der Waals surface area contributed by atoms with Gasteiger partial charge in [-0.05, 0) is 29.8 Å². The van der Waals surface area contributed by atoms with E-state index >= 15 is 0 Å². The quantitative estimate of drug-likeness (QED) is 0.575. The molecule has 31 heavy (non-hydrogen) atoms. The second-order valence-corrected chi connectivity index (χ2v) is 7.55. The first-order chi connectivity index (χ1) is 15.0. The summed E-state index contributed by atoms with van der Waals surface area (Å²) >= 11 is 6.52. The number of aromatic nitrogens is 1. The summed E-state index contributed by atoms with van der Waals surface area (Å²) < 4.78 is 5.30. The number of hydrazone groups is 1. The molecule has 3 aromatic rings. The van der Waals surface area contributed by atoms with Gasteiger partial charge in [-0.15, -0.1) is 0 Å². The molecule has 1 amide bonds. The van der Waals surface area contributed by atoms with Gasteiger partial charge in [-0.3, -0.25) is 9.59 Å². The van der Waals surface area contributed by atoms with Gasteiger partial charge in [-0.1, -0.05) is 41.9 Å². The second kappa shape index (κ2) is 8.73. The van der Waals surface area contributed by atoms with E-state index in [0.29, 0.717) is 23.3 Å². The second-order valence-electron chi connectivity index (χ2n) is 7.19. The highest BCUT2D eigenvalue weighted by Crippen LogP contribution is 2.38. The van der Waals surface area contributed by atoms with Gasteiger partial charge in [-0.25, -0.2) is 9.99 Å². The third kappa shape index (κ3) is 4.36. The summed E-state index contributed by atoms with van der Waals surface area (Å²) in [7, 11) is 1.59. The fourth-order valence-electron chi connectivity index (χ4n) is 3.62. The maximum absolute atomic E-state index is 12.9. The molecule has 0 saturated heterocycles. The van der Waals surface area contributed by atoms with Crippen LogP contribution < -0.4 is 4.74 Å². The fraction of sp³-hybridized carbons (Fsp3) is 0.217. The number of carboxylic acid groups (broad SMARTS) is 1. The van der Waals surface area contributed by atoms with E-state index in [-0.39, 0.29) is 23.9 Å². The van der Waals surface area contributed by atoms with Crippen LogP contribution in [0.5, 0.6) is 5.75 Å². The number of hydrogen-bond acceptors (Lipinski definition) is 5. The molecule has 1 N–H and O–H groups in total. The number of benzene rings is 2. The number of ether oxygens (including phenoxy) is 1. The Labute approximate surface area is 183 Å². The minimum atomic E-state index is -1.03. The fourth-order valence-corrected chi connectivity index (χ4v) is 3.90. The van der Waals surface area contributed by atoms with Crippen LogP contribution in [0.25, 0.3) is 10.9 Å². The number of fused-ring (bicyclic) bond motifs is 1. The normalized spacial score (nSPS) is 15.7. The van der Waals surface area contributed by atoms with Crippen LogP contribution in [0, 0.1) is 0 Å². The molecule has 1 unspecified atom stereocenters. The Hall–Kier alpha value is -3.45. The molecular weight excluding hydrogens is 418 g/mol. The summed E-state index contributed by atoms with van der Waals surface area (Å²) in [6.07, 6.45) is 0.0305. The topological polar surface area (TPSA) is 92.1 Å². The SMILES string of the molecule is COc1ccc2nc(Cl)c(C3CC(c4ccccc4)=NN3C(=O)CCC(=O)O)cc2c1. The molecule has 0 aliphatic carbocycles. The van der Waals surface area contributed by atoms with E-state index < -0.39 is 12.0 Å². The van der Waals surface area contributed by atoms with Gasteiger partial charge >= 0.3 is 5.97 Å². The van der Waals surface area contributed by atoms with Crippen LogP contribution in [0.2, 0.25) is 5.15 Å². The Morgan fingerprint density at radius 1 is 1.16 bits per heavy atom. The molecule has 0 saturated carbocycles. The molecule has 2 heterocycles. The number of carbonyl (C=O) groups is 2. The minimum Gasteiger partial charge on any atom is -0.497 e. The van der Waals surface area contributed by atoms with Crippen LogP contribution in [0.4, 0.5) is 0 Å². The molecule has 1 aromatic heterocycles. The van der Waals surface area contributed by atoms with Crippen molar-refractivity contribution in [1.29, 1.82) is 0 Å². The standard InChI is InChI=1S/C23H20ClN3O4/c1-31-16-7-8-18-15(11-16)12-17(23(24)25-18)20-13-19(14-5-3-2-4-6-14)26-27(20)21(28)9-10-22(29)30/h2-8,11-12,20H,9-10,13H2,1H3,(H,29,30). The molecule has 158 valence electrons. The van der Waals surface area contributed by atoms with Crippen LogP contribution in [0.15, 0.2) is 59.7 Å². The Bertz CT molecular complexity index is 1180. The zero-order chi connectivity index (χ0) is 22.0. The maximum atomic E-state index is 12.9. The van der Waals surface area contributed by atoms with E-state index in [1.807, 2.05) is 48.5 Å². The van der Waals surface area contributed by atoms with Crippen molar-refractivity contribution in [3.05, 3.63) is 70.9 Å². The van der Waals surface area contributed by atoms with E-state index in [0.717, 1.165) is 16.7 Å². The lowest BCUT2D eigenvalue weighted by Crippen LogP contribution is -2.27. The lowest BCUT2D eigenvalue weighted by Gasteiger charge is -2.23. The molecule has 7 nitrogen and oxygen atoms in total. The van der Waals surface area contributed by atoms with Crippen molar-refractivity contribution in [3.8, 4) is 5.75 Å². The molecule has 1 aliphatic rings. The predicted molar refractivity (Wildman–Crippen MR) is 117 cm³/mol. The molecule has 1 aliphatic heterocycles. The first-order valence-corrected chi connectivity index (χ1v) is 10.1. The average molecular weight is 438 g/mol. The zero-order valence-corrected chi connectivity index (χ0v) is 17.5. The number of pyridine rings is 1. The number of aliphatic carboxylic acids is 1. The van der Waals surface area contributed by atoms with Gasteiger partial charge in [-0.2, -0.15) is 5.10 Å². The number of nitrogens with zero attached hydrogens (tertiary/aromatic N) is 3. The highest BCUT2D eigenvalue weighted by molar-refractivity contribution is 6.30. The average Bonchev–Trinajstić information content (AvgIpc) is 3.22. The van der Waals surface area contributed by atoms with Crippen LogP contribution in [-0.2, 0) is 9.59 Å². The van der Waals surface area contributed by atoms with Crippen molar-refractivity contribution in [2.24, 2.45) is 5.10 Å². The van der Waals surface area contributed by atoms with Crippen LogP contribution in [0.1, 0.15) is 36.4 Å². The van der Waals surface area contributed by atoms with E-state index in [1.165, 1.54) is 5.01 Å². The Balaban J connectivity index is 1.74. The molecule has 0 spiro atoms. The van der Waals surface area contributed by atoms with Crippen LogP contribution in [0.3, 0.4) is 0 Å². The van der Waals surface area contributed by atoms with Gasteiger partial charge in [0.15, 0.2) is 0 Å². The van der Waals surface area contributed by atoms with Gasteiger partial charge in [0.1, 0.15) is 10.9 Å². The van der Waals surface area contributed by atoms with Gasteiger partial charge in [0.25, 0.3) is 0 Å². The lowest BCUT2D eigenvalue weighted by atomic mass is 9.98. The van der Waals surface area contributed by atoms with Crippen LogP contribution >= 0.6 is 11.6 Å². The van der Waals surface area contributed by atoms with Gasteiger partial charge in [0.05, 0.1) is 30.8 Å². The van der Waals surface area contributed by atoms with Crippen molar-refractivity contribution in [2.75, 3.05) is 7.11 Å². The van der Waals surface area contributed by atoms with Crippen molar-refractivity contribution in [1.82, 2.24) is 9.99 Å². The predicted octanol–water partition coefficient (Wildman–Crippen LogP) is 4.44. The maximum Gasteiger partial charge on any atom is 0.303 e. The number of rotatable bonds is 6. The number of hydrogen-bond donors (Lipinski definition) is 1. The molecule has 0 fully saturated rings. The lowest BCUT2D eigenvalue weighted by molar-refractivity contribution is -0.141. The molecule has 1 atom stereocenters. The molecule has 0 bridgehead atoms. The van der Waals surface area contributed by atoms with Crippen molar-refractivity contribution >= 4 is 40.1 Å². The number of carboxylic acids is 1. The molecular formula is C23H20ClN3O4. The molecule has 4 rings (SSSR count). The summed E-state index contributed by atoms with van der Waals surface area (Å²) in [5.74, 6) is -0.724. The Morgan fingerprint density at radius 2 is 1.94 bits per heavy atom. The van der Waals surface area contributed by atoms with E-state index in [9.17, 15) is 9.59 Å². The molecule has 8 heteroatoms. The minimum absolute atomic E-state index is 0.149. The number of methoxy groups -OCH3 is 1. The van der Waals surface area contributed by atoms with Gasteiger partial charge in [0, 0.05) is 23.8 Å². The molecule has 0 radical (unpaired) electrons. The number of amides is 1. The highest BCUT2D eigenvalue weighted by Gasteiger charge is 2.34. The summed E-state index contributed by atoms with van der Waals surface area (Å²) in [4.78, 5) is 28.3. The summed E-state index contributed by atoms with van der Waals surface area (Å²) in [6.45, 7) is 0. The van der Waals surface area contributed by atoms with E-state index in [4.69, 9.17) is 21.4 Å². The van der Waals surface area contributed by atoms with Gasteiger partial charge < -0.3 is 9.84 Å². The number of halogens is 1. The Kier molecular flexibility index (Phi) is 5.86. The molecule has 2 aromatic carbocycles. The largest absolute Gasteiger partial charge is 0.497 e. The summed E-state index contributed by atoms with van der Waals surface area (Å²) in [5, 5.41) is 16.0. The van der Waals surface area contributed by atoms with Gasteiger partial charge in [0.2, 0.25) is 5.91 Å².